The van der Waals surface area contributed by atoms with Crippen molar-refractivity contribution < 1.29 is 4.79 Å². The number of aliphatic imine (C=N–C) groups is 1. The van der Waals surface area contributed by atoms with Gasteiger partial charge in [-0.2, -0.15) is 10.2 Å². The quantitative estimate of drug-likeness (QED) is 0.879. The number of carbonyl (C=O) groups excluding carboxylic acids is 1. The van der Waals surface area contributed by atoms with Crippen molar-refractivity contribution >= 4 is 34.2 Å². The number of nitrogens with one attached hydrogen (secondary N) is 1. The summed E-state index contributed by atoms with van der Waals surface area (Å²) in [5, 5.41) is 10.8. The summed E-state index contributed by atoms with van der Waals surface area (Å²) >= 11 is 1.26. The van der Waals surface area contributed by atoms with Crippen LogP contribution in [0.4, 0.5) is 11.4 Å². The molecule has 0 radical (unpaired) electrons. The summed E-state index contributed by atoms with van der Waals surface area (Å²) in [6.45, 7) is 0. The molecule has 0 spiro atoms. The van der Waals surface area contributed by atoms with E-state index in [0.717, 1.165) is 11.4 Å². The molecule has 1 heterocycles. The normalized spacial score (nSPS) is 20.1. The van der Waals surface area contributed by atoms with Crippen LogP contribution < -0.4 is 5.32 Å². The molecule has 2 aromatic carbocycles. The molecule has 0 aliphatic carbocycles. The fourth-order valence-corrected chi connectivity index (χ4v) is 2.51. The Hall–Kier alpha value is -2.47. The van der Waals surface area contributed by atoms with Gasteiger partial charge in [0.05, 0.1) is 11.4 Å². The van der Waals surface area contributed by atoms with Crippen LogP contribution in [0.15, 0.2) is 75.9 Å². The second kappa shape index (κ2) is 6.32. The Morgan fingerprint density at radius 3 is 2.19 bits per heavy atom. The van der Waals surface area contributed by atoms with Crippen LogP contribution in [0, 0.1) is 0 Å². The molecule has 0 saturated carbocycles. The van der Waals surface area contributed by atoms with Crippen molar-refractivity contribution in [3.8, 4) is 0 Å². The second-order valence-electron chi connectivity index (χ2n) is 4.26. The molecular formula is C15H12N4OS. The van der Waals surface area contributed by atoms with Crippen LogP contribution in [0.2, 0.25) is 0 Å². The molecule has 1 fully saturated rings. The van der Waals surface area contributed by atoms with E-state index in [1.165, 1.54) is 11.8 Å². The summed E-state index contributed by atoms with van der Waals surface area (Å²) in [6, 6.07) is 18.8. The van der Waals surface area contributed by atoms with Crippen molar-refractivity contribution in [3.05, 3.63) is 60.7 Å². The molecule has 5 nitrogen and oxygen atoms in total. The van der Waals surface area contributed by atoms with Gasteiger partial charge in [-0.3, -0.25) is 4.79 Å². The number of amides is 1. The minimum absolute atomic E-state index is 0.200. The van der Waals surface area contributed by atoms with Gasteiger partial charge in [-0.25, -0.2) is 4.99 Å². The number of para-hydroxylation sites is 1. The standard InChI is InChI=1S/C15H12N4OS/c20-13-14(19-18-12-9-5-2-6-10-12)21-15(17-13)16-11-7-3-1-4-8-11/h1-10,14H,(H,16,17,20). The summed E-state index contributed by atoms with van der Waals surface area (Å²) in [7, 11) is 0. The molecule has 1 atom stereocenters. The number of amidine groups is 1. The van der Waals surface area contributed by atoms with Gasteiger partial charge in [0.15, 0.2) is 5.17 Å². The maximum Gasteiger partial charge on any atom is 0.263 e. The van der Waals surface area contributed by atoms with Crippen molar-refractivity contribution in [2.75, 3.05) is 0 Å². The van der Waals surface area contributed by atoms with E-state index in [9.17, 15) is 4.79 Å². The van der Waals surface area contributed by atoms with Gasteiger partial charge in [0.2, 0.25) is 5.37 Å². The van der Waals surface area contributed by atoms with Crippen molar-refractivity contribution in [2.45, 2.75) is 5.37 Å². The van der Waals surface area contributed by atoms with Gasteiger partial charge in [-0.15, -0.1) is 0 Å². The van der Waals surface area contributed by atoms with Gasteiger partial charge in [0.1, 0.15) is 0 Å². The first-order valence-electron chi connectivity index (χ1n) is 6.38. The number of azo groups is 1. The first-order valence-corrected chi connectivity index (χ1v) is 7.26. The molecule has 1 saturated heterocycles. The Bertz CT molecular complexity index is 685. The lowest BCUT2D eigenvalue weighted by Crippen LogP contribution is -2.23. The van der Waals surface area contributed by atoms with E-state index in [4.69, 9.17) is 0 Å². The Balaban J connectivity index is 1.71. The number of carbonyl (C=O) groups is 1. The molecule has 104 valence electrons. The summed E-state index contributed by atoms with van der Waals surface area (Å²) < 4.78 is 0. The van der Waals surface area contributed by atoms with E-state index in [-0.39, 0.29) is 5.91 Å². The summed E-state index contributed by atoms with van der Waals surface area (Å²) in [5.74, 6) is -0.200. The van der Waals surface area contributed by atoms with Crippen LogP contribution in [0.3, 0.4) is 0 Å². The molecule has 1 aliphatic heterocycles. The van der Waals surface area contributed by atoms with Crippen LogP contribution in [0.1, 0.15) is 0 Å². The Labute approximate surface area is 126 Å². The molecule has 0 bridgehead atoms. The van der Waals surface area contributed by atoms with Crippen LogP contribution in [0.5, 0.6) is 0 Å². The van der Waals surface area contributed by atoms with Gasteiger partial charge >= 0.3 is 0 Å². The van der Waals surface area contributed by atoms with Gasteiger partial charge in [-0.05, 0) is 36.0 Å². The van der Waals surface area contributed by atoms with Crippen molar-refractivity contribution in [2.24, 2.45) is 15.2 Å². The van der Waals surface area contributed by atoms with E-state index in [0.29, 0.717) is 5.17 Å². The summed E-state index contributed by atoms with van der Waals surface area (Å²) in [5.41, 5.74) is 1.51. The second-order valence-corrected chi connectivity index (χ2v) is 5.33. The van der Waals surface area contributed by atoms with Gasteiger partial charge in [-0.1, -0.05) is 36.4 Å². The molecule has 1 amide bonds. The fourth-order valence-electron chi connectivity index (χ4n) is 1.72. The molecule has 2 aromatic rings. The van der Waals surface area contributed by atoms with Gasteiger partial charge < -0.3 is 5.32 Å². The lowest BCUT2D eigenvalue weighted by atomic mass is 10.3. The van der Waals surface area contributed by atoms with Crippen molar-refractivity contribution in [3.63, 3.8) is 0 Å². The molecule has 6 heteroatoms. The number of nitrogens with zero attached hydrogens (tertiary/aromatic N) is 3. The van der Waals surface area contributed by atoms with E-state index >= 15 is 0 Å². The minimum atomic E-state index is -0.590. The average Bonchev–Trinajstić information content (AvgIpc) is 2.87. The van der Waals surface area contributed by atoms with Crippen molar-refractivity contribution in [1.29, 1.82) is 0 Å². The predicted molar refractivity (Wildman–Crippen MR) is 84.0 cm³/mol. The number of thioether (sulfide) groups is 1. The number of rotatable bonds is 3. The first kappa shape index (κ1) is 13.5. The highest BCUT2D eigenvalue weighted by atomic mass is 32.2. The van der Waals surface area contributed by atoms with E-state index in [1.54, 1.807) is 0 Å². The molecule has 21 heavy (non-hydrogen) atoms. The van der Waals surface area contributed by atoms with Crippen LogP contribution in [-0.4, -0.2) is 16.4 Å². The minimum Gasteiger partial charge on any atom is -0.302 e. The van der Waals surface area contributed by atoms with Crippen molar-refractivity contribution in [1.82, 2.24) is 5.32 Å². The van der Waals surface area contributed by atoms with E-state index in [2.05, 4.69) is 20.5 Å². The monoisotopic (exact) mass is 296 g/mol. The highest BCUT2D eigenvalue weighted by Crippen LogP contribution is 2.25. The number of hydrogen-bond donors (Lipinski definition) is 1. The molecule has 1 aliphatic rings. The number of hydrogen-bond acceptors (Lipinski definition) is 5. The summed E-state index contributed by atoms with van der Waals surface area (Å²) in [6.07, 6.45) is 0. The van der Waals surface area contributed by atoms with Crippen LogP contribution >= 0.6 is 11.8 Å². The molecule has 1 N–H and O–H groups in total. The highest BCUT2D eigenvalue weighted by molar-refractivity contribution is 8.15. The topological polar surface area (TPSA) is 66.2 Å². The largest absolute Gasteiger partial charge is 0.302 e. The smallest absolute Gasteiger partial charge is 0.263 e. The lowest BCUT2D eigenvalue weighted by molar-refractivity contribution is -0.118. The number of benzene rings is 2. The molecule has 1 unspecified atom stereocenters. The molecular weight excluding hydrogens is 284 g/mol. The predicted octanol–water partition coefficient (Wildman–Crippen LogP) is 3.65. The maximum absolute atomic E-state index is 11.8. The maximum atomic E-state index is 11.8. The zero-order chi connectivity index (χ0) is 14.5. The highest BCUT2D eigenvalue weighted by Gasteiger charge is 2.30. The summed E-state index contributed by atoms with van der Waals surface area (Å²) in [4.78, 5) is 16.2. The van der Waals surface area contributed by atoms with E-state index in [1.807, 2.05) is 60.7 Å². The van der Waals surface area contributed by atoms with Gasteiger partial charge in [0, 0.05) is 0 Å². The third-order valence-electron chi connectivity index (χ3n) is 2.70. The van der Waals surface area contributed by atoms with Crippen LogP contribution in [-0.2, 0) is 4.79 Å². The van der Waals surface area contributed by atoms with Crippen LogP contribution in [0.25, 0.3) is 0 Å². The third-order valence-corrected chi connectivity index (χ3v) is 3.65. The first-order chi connectivity index (χ1) is 10.3. The fraction of sp³-hybridized carbons (Fsp3) is 0.0667. The Kier molecular flexibility index (Phi) is 4.07. The molecule has 3 rings (SSSR count). The Morgan fingerprint density at radius 2 is 1.52 bits per heavy atom. The SMILES string of the molecule is O=C1NC(=Nc2ccccc2)SC1N=Nc1ccccc1. The Morgan fingerprint density at radius 1 is 0.905 bits per heavy atom. The van der Waals surface area contributed by atoms with Gasteiger partial charge in [0.25, 0.3) is 5.91 Å². The third kappa shape index (κ3) is 3.55. The molecule has 0 aromatic heterocycles. The average molecular weight is 296 g/mol. The zero-order valence-corrected chi connectivity index (χ0v) is 11.8. The lowest BCUT2D eigenvalue weighted by Gasteiger charge is -1.96. The zero-order valence-electron chi connectivity index (χ0n) is 11.0. The van der Waals surface area contributed by atoms with E-state index < -0.39 is 5.37 Å².